The van der Waals surface area contributed by atoms with Crippen molar-refractivity contribution in [2.45, 2.75) is 39.8 Å². The zero-order valence-corrected chi connectivity index (χ0v) is 14.0. The van der Waals surface area contributed by atoms with E-state index in [2.05, 4.69) is 20.2 Å². The molecule has 0 unspecified atom stereocenters. The van der Waals surface area contributed by atoms with E-state index in [4.69, 9.17) is 0 Å². The lowest BCUT2D eigenvalue weighted by Crippen LogP contribution is -2.36. The summed E-state index contributed by atoms with van der Waals surface area (Å²) in [5, 5.41) is 3.29. The summed E-state index contributed by atoms with van der Waals surface area (Å²) in [5.41, 5.74) is 1.99. The van der Waals surface area contributed by atoms with Gasteiger partial charge in [0.1, 0.15) is 0 Å². The molecule has 0 spiro atoms. The van der Waals surface area contributed by atoms with Crippen LogP contribution in [-0.2, 0) is 13.1 Å². The number of thiazole rings is 1. The van der Waals surface area contributed by atoms with E-state index in [1.807, 2.05) is 13.8 Å². The first-order valence-corrected chi connectivity index (χ1v) is 8.64. The van der Waals surface area contributed by atoms with Crippen LogP contribution in [0.4, 0.5) is 0 Å². The van der Waals surface area contributed by atoms with Gasteiger partial charge in [-0.3, -0.25) is 14.3 Å². The maximum absolute atomic E-state index is 12.1. The molecule has 2 aromatic rings. The molecule has 6 heteroatoms. The Bertz CT molecular complexity index is 685. The van der Waals surface area contributed by atoms with E-state index in [1.165, 1.54) is 5.69 Å². The summed E-state index contributed by atoms with van der Waals surface area (Å²) < 4.78 is 1.76. The first-order valence-electron chi connectivity index (χ1n) is 7.76. The lowest BCUT2D eigenvalue weighted by Gasteiger charge is -2.31. The molecule has 1 fully saturated rings. The minimum absolute atomic E-state index is 0.0929. The average Bonchev–Trinajstić information content (AvgIpc) is 2.91. The molecule has 0 amide bonds. The van der Waals surface area contributed by atoms with Gasteiger partial charge in [-0.05, 0) is 45.7 Å². The molecule has 0 aromatic carbocycles. The van der Waals surface area contributed by atoms with Crippen molar-refractivity contribution >= 4 is 11.3 Å². The van der Waals surface area contributed by atoms with Crippen LogP contribution in [0.25, 0.3) is 0 Å². The molecule has 5 nitrogen and oxygen atoms in total. The molecule has 0 bridgehead atoms. The van der Waals surface area contributed by atoms with Gasteiger partial charge in [-0.15, -0.1) is 11.3 Å². The normalized spacial score (nSPS) is 17.0. The molecule has 0 aliphatic carbocycles. The van der Waals surface area contributed by atoms with Gasteiger partial charge in [-0.25, -0.2) is 9.97 Å². The summed E-state index contributed by atoms with van der Waals surface area (Å²) in [6.45, 7) is 7.77. The van der Waals surface area contributed by atoms with Gasteiger partial charge in [0.2, 0.25) is 0 Å². The van der Waals surface area contributed by atoms with Crippen molar-refractivity contribution in [3.8, 4) is 0 Å². The summed E-state index contributed by atoms with van der Waals surface area (Å²) in [5.74, 6) is 0.565. The average molecular weight is 318 g/mol. The van der Waals surface area contributed by atoms with E-state index in [-0.39, 0.29) is 5.56 Å². The SMILES string of the molecule is Cc1nc(CN2CCC(Cn3cncc(C)c3=O)CC2)cs1. The fourth-order valence-corrected chi connectivity index (χ4v) is 3.61. The van der Waals surface area contributed by atoms with Crippen molar-refractivity contribution in [3.05, 3.63) is 44.5 Å². The van der Waals surface area contributed by atoms with Gasteiger partial charge < -0.3 is 0 Å². The molecular weight excluding hydrogens is 296 g/mol. The van der Waals surface area contributed by atoms with E-state index >= 15 is 0 Å². The molecule has 1 aliphatic rings. The summed E-state index contributed by atoms with van der Waals surface area (Å²) >= 11 is 1.72. The first kappa shape index (κ1) is 15.4. The zero-order valence-electron chi connectivity index (χ0n) is 13.2. The third kappa shape index (κ3) is 3.62. The molecule has 0 radical (unpaired) electrons. The van der Waals surface area contributed by atoms with Crippen molar-refractivity contribution in [3.63, 3.8) is 0 Å². The van der Waals surface area contributed by atoms with Crippen molar-refractivity contribution in [2.24, 2.45) is 5.92 Å². The molecule has 0 N–H and O–H groups in total. The summed E-state index contributed by atoms with van der Waals surface area (Å²) in [6.07, 6.45) is 5.56. The van der Waals surface area contributed by atoms with Gasteiger partial charge in [-0.1, -0.05) is 0 Å². The molecule has 2 aromatic heterocycles. The Hall–Kier alpha value is -1.53. The first-order chi connectivity index (χ1) is 10.6. The van der Waals surface area contributed by atoms with Crippen molar-refractivity contribution in [1.29, 1.82) is 0 Å². The lowest BCUT2D eigenvalue weighted by molar-refractivity contribution is 0.165. The van der Waals surface area contributed by atoms with Gasteiger partial charge in [0, 0.05) is 30.2 Å². The molecule has 0 saturated carbocycles. The number of hydrogen-bond donors (Lipinski definition) is 0. The molecular formula is C16H22N4OS. The van der Waals surface area contributed by atoms with E-state index in [0.717, 1.165) is 49.6 Å². The van der Waals surface area contributed by atoms with Crippen molar-refractivity contribution in [1.82, 2.24) is 19.4 Å². The predicted molar refractivity (Wildman–Crippen MR) is 88.1 cm³/mol. The number of hydrogen-bond acceptors (Lipinski definition) is 5. The Morgan fingerprint density at radius 1 is 1.32 bits per heavy atom. The summed E-state index contributed by atoms with van der Waals surface area (Å²) in [7, 11) is 0. The van der Waals surface area contributed by atoms with Crippen LogP contribution in [0.5, 0.6) is 0 Å². The second kappa shape index (κ2) is 6.71. The maximum Gasteiger partial charge on any atom is 0.256 e. The zero-order chi connectivity index (χ0) is 15.5. The molecule has 3 heterocycles. The fraction of sp³-hybridized carbons (Fsp3) is 0.562. The number of piperidine rings is 1. The second-order valence-electron chi connectivity index (χ2n) is 6.11. The Labute approximate surface area is 134 Å². The van der Waals surface area contributed by atoms with Crippen LogP contribution in [0.2, 0.25) is 0 Å². The molecule has 1 saturated heterocycles. The van der Waals surface area contributed by atoms with Gasteiger partial charge in [0.25, 0.3) is 5.56 Å². The molecule has 3 rings (SSSR count). The minimum Gasteiger partial charge on any atom is -0.299 e. The number of nitrogens with zero attached hydrogens (tertiary/aromatic N) is 4. The van der Waals surface area contributed by atoms with Crippen molar-refractivity contribution in [2.75, 3.05) is 13.1 Å². The third-order valence-electron chi connectivity index (χ3n) is 4.29. The Balaban J connectivity index is 1.53. The smallest absolute Gasteiger partial charge is 0.256 e. The number of aryl methyl sites for hydroxylation is 2. The number of rotatable bonds is 4. The van der Waals surface area contributed by atoms with Gasteiger partial charge in [0.15, 0.2) is 0 Å². The minimum atomic E-state index is 0.0929. The molecule has 0 atom stereocenters. The summed E-state index contributed by atoms with van der Waals surface area (Å²) in [6, 6.07) is 0. The van der Waals surface area contributed by atoms with Crippen LogP contribution in [0.3, 0.4) is 0 Å². The van der Waals surface area contributed by atoms with E-state index in [0.29, 0.717) is 5.92 Å². The number of likely N-dealkylation sites (tertiary alicyclic amines) is 1. The van der Waals surface area contributed by atoms with Crippen molar-refractivity contribution < 1.29 is 0 Å². The molecule has 22 heavy (non-hydrogen) atoms. The quantitative estimate of drug-likeness (QED) is 0.867. The van der Waals surface area contributed by atoms with E-state index in [1.54, 1.807) is 28.4 Å². The molecule has 1 aliphatic heterocycles. The highest BCUT2D eigenvalue weighted by atomic mass is 32.1. The topological polar surface area (TPSA) is 51.0 Å². The highest BCUT2D eigenvalue weighted by molar-refractivity contribution is 7.09. The highest BCUT2D eigenvalue weighted by Gasteiger charge is 2.20. The van der Waals surface area contributed by atoms with Crippen LogP contribution in [0.1, 0.15) is 29.1 Å². The Morgan fingerprint density at radius 2 is 2.09 bits per heavy atom. The number of aromatic nitrogens is 3. The third-order valence-corrected chi connectivity index (χ3v) is 5.11. The van der Waals surface area contributed by atoms with Gasteiger partial charge in [-0.2, -0.15) is 0 Å². The largest absolute Gasteiger partial charge is 0.299 e. The van der Waals surface area contributed by atoms with Gasteiger partial charge >= 0.3 is 0 Å². The van der Waals surface area contributed by atoms with Crippen LogP contribution >= 0.6 is 11.3 Å². The van der Waals surface area contributed by atoms with Gasteiger partial charge in [0.05, 0.1) is 17.0 Å². The lowest BCUT2D eigenvalue weighted by atomic mass is 9.96. The predicted octanol–water partition coefficient (Wildman–Crippen LogP) is 2.23. The molecule has 118 valence electrons. The maximum atomic E-state index is 12.1. The Kier molecular flexibility index (Phi) is 4.69. The highest BCUT2D eigenvalue weighted by Crippen LogP contribution is 2.20. The standard InChI is InChI=1S/C16H22N4OS/c1-12-7-17-11-20(16(12)21)8-14-3-5-19(6-4-14)9-15-10-22-13(2)18-15/h7,10-11,14H,3-6,8-9H2,1-2H3. The van der Waals surface area contributed by atoms with Crippen LogP contribution in [-0.4, -0.2) is 32.5 Å². The van der Waals surface area contributed by atoms with Crippen LogP contribution < -0.4 is 5.56 Å². The second-order valence-corrected chi connectivity index (χ2v) is 7.17. The van der Waals surface area contributed by atoms with Crippen LogP contribution in [0, 0.1) is 19.8 Å². The van der Waals surface area contributed by atoms with E-state index < -0.39 is 0 Å². The Morgan fingerprint density at radius 3 is 2.77 bits per heavy atom. The van der Waals surface area contributed by atoms with E-state index in [9.17, 15) is 4.79 Å². The monoisotopic (exact) mass is 318 g/mol. The summed E-state index contributed by atoms with van der Waals surface area (Å²) in [4.78, 5) is 23.2. The fourth-order valence-electron chi connectivity index (χ4n) is 3.01. The van der Waals surface area contributed by atoms with Crippen LogP contribution in [0.15, 0.2) is 22.7 Å².